The summed E-state index contributed by atoms with van der Waals surface area (Å²) in [6.07, 6.45) is 6.10. The first kappa shape index (κ1) is 16.3. The second-order valence-electron chi connectivity index (χ2n) is 5.44. The van der Waals surface area contributed by atoms with Crippen molar-refractivity contribution in [2.75, 3.05) is 13.1 Å². The van der Waals surface area contributed by atoms with Gasteiger partial charge in [0.1, 0.15) is 6.29 Å². The number of hydrogen-bond donors (Lipinski definition) is 1. The van der Waals surface area contributed by atoms with Gasteiger partial charge in [0, 0.05) is 24.1 Å². The molecule has 0 unspecified atom stereocenters. The monoisotopic (exact) mass is 298 g/mol. The fourth-order valence-electron chi connectivity index (χ4n) is 2.61. The summed E-state index contributed by atoms with van der Waals surface area (Å²) in [5, 5.41) is 0. The first-order valence-corrected chi connectivity index (χ1v) is 7.81. The average molecular weight is 298 g/mol. The van der Waals surface area contributed by atoms with Crippen LogP contribution in [0.2, 0.25) is 0 Å². The molecule has 0 atom stereocenters. The highest BCUT2D eigenvalue weighted by molar-refractivity contribution is 5.99. The molecule has 0 spiro atoms. The molecule has 2 N–H and O–H groups in total. The summed E-state index contributed by atoms with van der Waals surface area (Å²) in [4.78, 5) is 24.3. The molecule has 1 heterocycles. The van der Waals surface area contributed by atoms with E-state index in [4.69, 9.17) is 5.73 Å². The van der Waals surface area contributed by atoms with Crippen molar-refractivity contribution in [3.63, 3.8) is 0 Å². The third-order valence-electron chi connectivity index (χ3n) is 3.82. The molecule has 4 heteroatoms. The van der Waals surface area contributed by atoms with Crippen LogP contribution in [0.5, 0.6) is 0 Å². The molecule has 1 aromatic rings. The highest BCUT2D eigenvalue weighted by Gasteiger charge is 2.28. The van der Waals surface area contributed by atoms with Crippen molar-refractivity contribution < 1.29 is 9.59 Å². The molecule has 1 aliphatic heterocycles. The highest BCUT2D eigenvalue weighted by Crippen LogP contribution is 2.25. The number of amides is 1. The Morgan fingerprint density at radius 3 is 2.82 bits per heavy atom. The minimum Gasteiger partial charge on any atom is -0.330 e. The molecule has 0 bridgehead atoms. The van der Waals surface area contributed by atoms with Gasteiger partial charge in [0.2, 0.25) is 0 Å². The molecule has 0 saturated carbocycles. The van der Waals surface area contributed by atoms with Gasteiger partial charge in [-0.2, -0.15) is 0 Å². The van der Waals surface area contributed by atoms with Crippen LogP contribution in [0, 0.1) is 11.8 Å². The van der Waals surface area contributed by atoms with Gasteiger partial charge in [0.15, 0.2) is 0 Å². The summed E-state index contributed by atoms with van der Waals surface area (Å²) in [6, 6.07) is 5.60. The van der Waals surface area contributed by atoms with Gasteiger partial charge in [-0.3, -0.25) is 4.79 Å². The van der Waals surface area contributed by atoms with E-state index in [2.05, 4.69) is 11.8 Å². The van der Waals surface area contributed by atoms with Crippen molar-refractivity contribution in [3.05, 3.63) is 34.9 Å². The SMILES string of the molecule is NCCCCCCC#Cc1cccc2c1CN(CC=O)C2=O. The number of nitrogens with two attached hydrogens (primary N) is 1. The summed E-state index contributed by atoms with van der Waals surface area (Å²) in [7, 11) is 0. The molecule has 0 radical (unpaired) electrons. The van der Waals surface area contributed by atoms with Crippen LogP contribution >= 0.6 is 0 Å². The van der Waals surface area contributed by atoms with E-state index in [0.717, 1.165) is 56.1 Å². The molecule has 0 fully saturated rings. The molecule has 2 rings (SSSR count). The lowest BCUT2D eigenvalue weighted by atomic mass is 10.0. The van der Waals surface area contributed by atoms with Gasteiger partial charge in [0.05, 0.1) is 6.54 Å². The molecule has 0 saturated heterocycles. The number of carbonyl (C=O) groups is 2. The van der Waals surface area contributed by atoms with Gasteiger partial charge in [0.25, 0.3) is 5.91 Å². The number of aldehydes is 1. The largest absolute Gasteiger partial charge is 0.330 e. The highest BCUT2D eigenvalue weighted by atomic mass is 16.2. The van der Waals surface area contributed by atoms with Crippen molar-refractivity contribution in [2.24, 2.45) is 5.73 Å². The Kier molecular flexibility index (Phi) is 6.17. The number of unbranched alkanes of at least 4 members (excludes halogenated alkanes) is 4. The standard InChI is InChI=1S/C18H22N2O2/c19-11-6-4-2-1-3-5-8-15-9-7-10-16-17(15)14-20(12-13-21)18(16)22/h7,9-10,13H,1-4,6,11-12,14,19H2. The van der Waals surface area contributed by atoms with E-state index in [1.165, 1.54) is 0 Å². The first-order valence-electron chi connectivity index (χ1n) is 7.81. The van der Waals surface area contributed by atoms with Gasteiger partial charge in [-0.15, -0.1) is 0 Å². The van der Waals surface area contributed by atoms with E-state index >= 15 is 0 Å². The van der Waals surface area contributed by atoms with Crippen molar-refractivity contribution in [1.82, 2.24) is 4.90 Å². The van der Waals surface area contributed by atoms with Gasteiger partial charge < -0.3 is 15.4 Å². The summed E-state index contributed by atoms with van der Waals surface area (Å²) >= 11 is 0. The van der Waals surface area contributed by atoms with E-state index in [9.17, 15) is 9.59 Å². The van der Waals surface area contributed by atoms with E-state index in [1.807, 2.05) is 12.1 Å². The third-order valence-corrected chi connectivity index (χ3v) is 3.82. The van der Waals surface area contributed by atoms with E-state index < -0.39 is 0 Å². The Morgan fingerprint density at radius 1 is 1.23 bits per heavy atom. The molecule has 0 aliphatic carbocycles. The fourth-order valence-corrected chi connectivity index (χ4v) is 2.61. The lowest BCUT2D eigenvalue weighted by Gasteiger charge is -2.10. The predicted molar refractivity (Wildman–Crippen MR) is 86.3 cm³/mol. The van der Waals surface area contributed by atoms with Crippen LogP contribution in [0.4, 0.5) is 0 Å². The topological polar surface area (TPSA) is 63.4 Å². The maximum atomic E-state index is 12.1. The summed E-state index contributed by atoms with van der Waals surface area (Å²) in [5.41, 5.74) is 7.99. The van der Waals surface area contributed by atoms with Crippen LogP contribution < -0.4 is 5.73 Å². The molecule has 1 amide bonds. The Morgan fingerprint density at radius 2 is 2.05 bits per heavy atom. The molecule has 4 nitrogen and oxygen atoms in total. The third kappa shape index (κ3) is 3.96. The number of carbonyl (C=O) groups excluding carboxylic acids is 2. The van der Waals surface area contributed by atoms with Crippen molar-refractivity contribution in [1.29, 1.82) is 0 Å². The van der Waals surface area contributed by atoms with Crippen LogP contribution in [-0.2, 0) is 11.3 Å². The van der Waals surface area contributed by atoms with Crippen LogP contribution in [-0.4, -0.2) is 30.2 Å². The average Bonchev–Trinajstić information content (AvgIpc) is 2.84. The minimum atomic E-state index is -0.0764. The molecule has 22 heavy (non-hydrogen) atoms. The van der Waals surface area contributed by atoms with Gasteiger partial charge in [-0.25, -0.2) is 0 Å². The van der Waals surface area contributed by atoms with E-state index in [0.29, 0.717) is 12.1 Å². The van der Waals surface area contributed by atoms with E-state index in [-0.39, 0.29) is 12.5 Å². The number of nitrogens with zero attached hydrogens (tertiary/aromatic N) is 1. The molecule has 0 aromatic heterocycles. The number of benzene rings is 1. The van der Waals surface area contributed by atoms with Gasteiger partial charge >= 0.3 is 0 Å². The molecule has 1 aliphatic rings. The van der Waals surface area contributed by atoms with Crippen molar-refractivity contribution in [2.45, 2.75) is 38.6 Å². The molecule has 116 valence electrons. The zero-order chi connectivity index (χ0) is 15.8. The summed E-state index contributed by atoms with van der Waals surface area (Å²) in [5.74, 6) is 6.29. The number of hydrogen-bond acceptors (Lipinski definition) is 3. The lowest BCUT2D eigenvalue weighted by molar-refractivity contribution is -0.108. The first-order chi connectivity index (χ1) is 10.8. The second-order valence-corrected chi connectivity index (χ2v) is 5.44. The van der Waals surface area contributed by atoms with Crippen molar-refractivity contribution in [3.8, 4) is 11.8 Å². The Labute approximate surface area is 131 Å². The van der Waals surface area contributed by atoms with Crippen molar-refractivity contribution >= 4 is 12.2 Å². The fraction of sp³-hybridized carbons (Fsp3) is 0.444. The maximum absolute atomic E-state index is 12.1. The second kappa shape index (κ2) is 8.35. The Balaban J connectivity index is 1.97. The maximum Gasteiger partial charge on any atom is 0.254 e. The number of rotatable bonds is 7. The zero-order valence-electron chi connectivity index (χ0n) is 12.8. The van der Waals surface area contributed by atoms with E-state index in [1.54, 1.807) is 11.0 Å². The molecule has 1 aromatic carbocycles. The zero-order valence-corrected chi connectivity index (χ0v) is 12.8. The summed E-state index contributed by atoms with van der Waals surface area (Å²) in [6.45, 7) is 1.38. The normalized spacial score (nSPS) is 12.8. The molecular formula is C18H22N2O2. The van der Waals surface area contributed by atoms with Gasteiger partial charge in [-0.05, 0) is 37.1 Å². The number of fused-ring (bicyclic) bond motifs is 1. The van der Waals surface area contributed by atoms with Crippen LogP contribution in [0.15, 0.2) is 18.2 Å². The quantitative estimate of drug-likeness (QED) is 0.476. The molecular weight excluding hydrogens is 276 g/mol. The lowest BCUT2D eigenvalue weighted by Crippen LogP contribution is -2.25. The predicted octanol–water partition coefficient (Wildman–Crippen LogP) is 2.10. The van der Waals surface area contributed by atoms with Crippen LogP contribution in [0.1, 0.15) is 53.6 Å². The minimum absolute atomic E-state index is 0.0764. The Bertz CT molecular complexity index is 599. The Hall–Kier alpha value is -2.12. The van der Waals surface area contributed by atoms with Crippen LogP contribution in [0.3, 0.4) is 0 Å². The summed E-state index contributed by atoms with van der Waals surface area (Å²) < 4.78 is 0. The van der Waals surface area contributed by atoms with Gasteiger partial charge in [-0.1, -0.05) is 30.7 Å². The smallest absolute Gasteiger partial charge is 0.254 e. The van der Waals surface area contributed by atoms with Crippen LogP contribution in [0.25, 0.3) is 0 Å².